The van der Waals surface area contributed by atoms with E-state index in [0.29, 0.717) is 16.3 Å². The summed E-state index contributed by atoms with van der Waals surface area (Å²) in [4.78, 5) is 12.1. The molecule has 0 aliphatic carbocycles. The fourth-order valence-electron chi connectivity index (χ4n) is 1.71. The summed E-state index contributed by atoms with van der Waals surface area (Å²) in [5.41, 5.74) is 1.35. The van der Waals surface area contributed by atoms with Crippen molar-refractivity contribution in [2.75, 3.05) is 7.11 Å². The molecule has 0 N–H and O–H groups in total. The van der Waals surface area contributed by atoms with Crippen molar-refractivity contribution >= 4 is 23.5 Å². The third-order valence-electron chi connectivity index (χ3n) is 2.69. The number of carbonyl (C=O) groups is 1. The van der Waals surface area contributed by atoms with E-state index in [1.54, 1.807) is 37.5 Å². The molecule has 0 unspecified atom stereocenters. The number of benzene rings is 2. The summed E-state index contributed by atoms with van der Waals surface area (Å²) in [5.74, 6) is 0.452. The van der Waals surface area contributed by atoms with Crippen molar-refractivity contribution < 1.29 is 9.53 Å². The zero-order valence-corrected chi connectivity index (χ0v) is 11.2. The van der Waals surface area contributed by atoms with E-state index in [-0.39, 0.29) is 5.78 Å². The van der Waals surface area contributed by atoms with E-state index in [2.05, 4.69) is 0 Å². The highest BCUT2D eigenvalue weighted by atomic mass is 35.5. The Hall–Kier alpha value is -2.06. The lowest BCUT2D eigenvalue weighted by Gasteiger charge is -2.04. The van der Waals surface area contributed by atoms with Crippen LogP contribution in [0.25, 0.3) is 6.08 Å². The second-order valence-corrected chi connectivity index (χ2v) is 4.33. The number of ketones is 1. The predicted octanol–water partition coefficient (Wildman–Crippen LogP) is 4.24. The van der Waals surface area contributed by atoms with E-state index < -0.39 is 0 Å². The van der Waals surface area contributed by atoms with E-state index in [0.717, 1.165) is 5.56 Å². The molecular formula is C16H13ClO2. The zero-order valence-electron chi connectivity index (χ0n) is 10.5. The molecule has 0 amide bonds. The van der Waals surface area contributed by atoms with Crippen molar-refractivity contribution in [2.45, 2.75) is 0 Å². The smallest absolute Gasteiger partial charge is 0.189 e. The Balaban J connectivity index is 2.24. The summed E-state index contributed by atoms with van der Waals surface area (Å²) < 4.78 is 5.16. The molecule has 0 fully saturated rings. The van der Waals surface area contributed by atoms with Gasteiger partial charge in [0.1, 0.15) is 5.75 Å². The van der Waals surface area contributed by atoms with Gasteiger partial charge in [-0.3, -0.25) is 4.79 Å². The lowest BCUT2D eigenvalue weighted by molar-refractivity contribution is 0.104. The van der Waals surface area contributed by atoms with Crippen molar-refractivity contribution in [1.82, 2.24) is 0 Å². The molecule has 19 heavy (non-hydrogen) atoms. The van der Waals surface area contributed by atoms with E-state index in [1.807, 2.05) is 24.3 Å². The fraction of sp³-hybridized carbons (Fsp3) is 0.0625. The van der Waals surface area contributed by atoms with Gasteiger partial charge >= 0.3 is 0 Å². The Morgan fingerprint density at radius 2 is 1.79 bits per heavy atom. The summed E-state index contributed by atoms with van der Waals surface area (Å²) in [5, 5.41) is 0.617. The number of hydrogen-bond acceptors (Lipinski definition) is 2. The van der Waals surface area contributed by atoms with Gasteiger partial charge in [0.2, 0.25) is 0 Å². The van der Waals surface area contributed by atoms with Gasteiger partial charge < -0.3 is 4.74 Å². The molecule has 0 aromatic heterocycles. The SMILES string of the molecule is COc1ccccc1C(=O)C=Cc1ccccc1Cl. The van der Waals surface area contributed by atoms with Crippen molar-refractivity contribution in [1.29, 1.82) is 0 Å². The van der Waals surface area contributed by atoms with Crippen LogP contribution in [-0.4, -0.2) is 12.9 Å². The molecule has 0 saturated carbocycles. The maximum atomic E-state index is 12.1. The largest absolute Gasteiger partial charge is 0.496 e. The van der Waals surface area contributed by atoms with Gasteiger partial charge in [0, 0.05) is 5.02 Å². The van der Waals surface area contributed by atoms with Gasteiger partial charge in [0.05, 0.1) is 12.7 Å². The Bertz CT molecular complexity index is 618. The van der Waals surface area contributed by atoms with Crippen LogP contribution < -0.4 is 4.74 Å². The van der Waals surface area contributed by atoms with Crippen molar-refractivity contribution in [3.63, 3.8) is 0 Å². The summed E-state index contributed by atoms with van der Waals surface area (Å²) >= 11 is 6.03. The molecule has 96 valence electrons. The summed E-state index contributed by atoms with van der Waals surface area (Å²) in [7, 11) is 1.55. The van der Waals surface area contributed by atoms with Gasteiger partial charge in [-0.15, -0.1) is 0 Å². The second-order valence-electron chi connectivity index (χ2n) is 3.92. The van der Waals surface area contributed by atoms with Crippen molar-refractivity contribution in [3.8, 4) is 5.75 Å². The third kappa shape index (κ3) is 3.24. The third-order valence-corrected chi connectivity index (χ3v) is 3.04. The predicted molar refractivity (Wildman–Crippen MR) is 77.8 cm³/mol. The maximum Gasteiger partial charge on any atom is 0.189 e. The molecule has 0 aliphatic heterocycles. The van der Waals surface area contributed by atoms with Crippen LogP contribution in [-0.2, 0) is 0 Å². The lowest BCUT2D eigenvalue weighted by Crippen LogP contribution is -1.98. The number of allylic oxidation sites excluding steroid dienone is 1. The van der Waals surface area contributed by atoms with Crippen molar-refractivity contribution in [2.24, 2.45) is 0 Å². The first kappa shape index (κ1) is 13.4. The van der Waals surface area contributed by atoms with Crippen LogP contribution in [0.15, 0.2) is 54.6 Å². The Morgan fingerprint density at radius 3 is 2.53 bits per heavy atom. The standard InChI is InChI=1S/C16H13ClO2/c1-19-16-9-5-3-7-13(16)15(18)11-10-12-6-2-4-8-14(12)17/h2-11H,1H3. The minimum Gasteiger partial charge on any atom is -0.496 e. The topological polar surface area (TPSA) is 26.3 Å². The van der Waals surface area contributed by atoms with Crippen LogP contribution in [0.4, 0.5) is 0 Å². The number of rotatable bonds is 4. The molecule has 2 rings (SSSR count). The van der Waals surface area contributed by atoms with Crippen LogP contribution in [0.5, 0.6) is 5.75 Å². The molecule has 2 aromatic carbocycles. The van der Waals surface area contributed by atoms with Gasteiger partial charge in [-0.2, -0.15) is 0 Å². The average molecular weight is 273 g/mol. The molecule has 2 nitrogen and oxygen atoms in total. The lowest BCUT2D eigenvalue weighted by atomic mass is 10.1. The molecule has 0 saturated heterocycles. The molecule has 0 radical (unpaired) electrons. The van der Waals surface area contributed by atoms with Crippen molar-refractivity contribution in [3.05, 3.63) is 70.8 Å². The second kappa shape index (κ2) is 6.21. The quantitative estimate of drug-likeness (QED) is 0.614. The summed E-state index contributed by atoms with van der Waals surface area (Å²) in [6.07, 6.45) is 3.20. The van der Waals surface area contributed by atoms with E-state index >= 15 is 0 Å². The molecule has 0 heterocycles. The Morgan fingerprint density at radius 1 is 1.11 bits per heavy atom. The number of methoxy groups -OCH3 is 1. The molecule has 2 aromatic rings. The number of ether oxygens (including phenoxy) is 1. The number of halogens is 1. The van der Waals surface area contributed by atoms with Gasteiger partial charge in [-0.05, 0) is 35.9 Å². The highest BCUT2D eigenvalue weighted by Crippen LogP contribution is 2.20. The van der Waals surface area contributed by atoms with Crippen LogP contribution in [0.3, 0.4) is 0 Å². The van der Waals surface area contributed by atoms with Crippen LogP contribution >= 0.6 is 11.6 Å². The summed E-state index contributed by atoms with van der Waals surface area (Å²) in [6, 6.07) is 14.5. The minimum atomic E-state index is -0.114. The van der Waals surface area contributed by atoms with Crippen LogP contribution in [0, 0.1) is 0 Å². The summed E-state index contributed by atoms with van der Waals surface area (Å²) in [6.45, 7) is 0. The zero-order chi connectivity index (χ0) is 13.7. The normalized spacial score (nSPS) is 10.6. The maximum absolute atomic E-state index is 12.1. The highest BCUT2D eigenvalue weighted by molar-refractivity contribution is 6.32. The molecule has 0 aliphatic rings. The van der Waals surface area contributed by atoms with Gasteiger partial charge in [-0.25, -0.2) is 0 Å². The fourth-order valence-corrected chi connectivity index (χ4v) is 1.91. The van der Waals surface area contributed by atoms with E-state index in [4.69, 9.17) is 16.3 Å². The molecular weight excluding hydrogens is 260 g/mol. The first-order valence-corrected chi connectivity index (χ1v) is 6.20. The molecule has 3 heteroatoms. The monoisotopic (exact) mass is 272 g/mol. The van der Waals surface area contributed by atoms with Gasteiger partial charge in [-0.1, -0.05) is 41.9 Å². The average Bonchev–Trinajstić information content (AvgIpc) is 2.46. The van der Waals surface area contributed by atoms with Gasteiger partial charge in [0.15, 0.2) is 5.78 Å². The molecule has 0 spiro atoms. The highest BCUT2D eigenvalue weighted by Gasteiger charge is 2.08. The Labute approximate surface area is 117 Å². The van der Waals surface area contributed by atoms with Gasteiger partial charge in [0.25, 0.3) is 0 Å². The number of para-hydroxylation sites is 1. The van der Waals surface area contributed by atoms with E-state index in [9.17, 15) is 4.79 Å². The minimum absolute atomic E-state index is 0.114. The number of carbonyl (C=O) groups excluding carboxylic acids is 1. The molecule has 0 atom stereocenters. The van der Waals surface area contributed by atoms with Crippen LogP contribution in [0.2, 0.25) is 5.02 Å². The number of hydrogen-bond donors (Lipinski definition) is 0. The van der Waals surface area contributed by atoms with Crippen LogP contribution in [0.1, 0.15) is 15.9 Å². The first-order valence-electron chi connectivity index (χ1n) is 5.82. The van der Waals surface area contributed by atoms with E-state index in [1.165, 1.54) is 6.08 Å². The molecule has 0 bridgehead atoms. The first-order chi connectivity index (χ1) is 9.22. The Kier molecular flexibility index (Phi) is 4.37.